The Morgan fingerprint density at radius 3 is 2.35 bits per heavy atom. The molecule has 3 aromatic rings. The third kappa shape index (κ3) is 2.76. The Bertz CT molecular complexity index is 845. The Balaban J connectivity index is 1.77. The fraction of sp³-hybridized carbons (Fsp3) is 0.222. The number of nitrogens with one attached hydrogen (secondary N) is 1. The summed E-state index contributed by atoms with van der Waals surface area (Å²) in [4.78, 5) is 0. The number of aliphatic hydroxyl groups excluding tert-OH is 1. The number of nitrogens with zero attached hydrogens (tertiary/aromatic N) is 2. The molecule has 1 fully saturated rings. The molecule has 0 amide bonds. The van der Waals surface area contributed by atoms with Crippen molar-refractivity contribution in [1.29, 1.82) is 0 Å². The summed E-state index contributed by atoms with van der Waals surface area (Å²) in [7, 11) is 0. The molecule has 1 aliphatic carbocycles. The van der Waals surface area contributed by atoms with E-state index in [1.165, 1.54) is 0 Å². The van der Waals surface area contributed by atoms with Gasteiger partial charge in [-0.3, -0.25) is 0 Å². The molecule has 4 nitrogen and oxygen atoms in total. The second kappa shape index (κ2) is 5.80. The molecule has 23 heavy (non-hydrogen) atoms. The van der Waals surface area contributed by atoms with Crippen LogP contribution in [0.3, 0.4) is 0 Å². The quantitative estimate of drug-likeness (QED) is 0.767. The van der Waals surface area contributed by atoms with Gasteiger partial charge < -0.3 is 10.4 Å². The van der Waals surface area contributed by atoms with E-state index in [0.717, 1.165) is 40.7 Å². The molecule has 116 valence electrons. The maximum absolute atomic E-state index is 9.44. The summed E-state index contributed by atoms with van der Waals surface area (Å²) in [6, 6.07) is 16.0. The standard InChI is InChI=1S/C18H16ClN3O/c19-12-7-5-11(6-8-12)17-15-3-1-2-4-16(15)18(22-21-17)20-13-9-14(23)10-13/h1-8,13-14,23H,9-10H2,(H,20,22)/t13-,14+. The number of hydrogen-bond donors (Lipinski definition) is 2. The van der Waals surface area contributed by atoms with Crippen LogP contribution in [-0.4, -0.2) is 27.4 Å². The van der Waals surface area contributed by atoms with Gasteiger partial charge in [0.05, 0.1) is 6.10 Å². The molecule has 4 rings (SSSR count). The maximum Gasteiger partial charge on any atom is 0.156 e. The molecule has 0 spiro atoms. The topological polar surface area (TPSA) is 58.0 Å². The lowest BCUT2D eigenvalue weighted by atomic mass is 9.89. The zero-order chi connectivity index (χ0) is 15.8. The van der Waals surface area contributed by atoms with Crippen LogP contribution < -0.4 is 5.32 Å². The highest BCUT2D eigenvalue weighted by Crippen LogP contribution is 2.32. The summed E-state index contributed by atoms with van der Waals surface area (Å²) in [5.41, 5.74) is 1.83. The predicted octanol–water partition coefficient (Wildman–Crippen LogP) is 3.89. The summed E-state index contributed by atoms with van der Waals surface area (Å²) in [6.45, 7) is 0. The Kier molecular flexibility index (Phi) is 3.63. The molecular weight excluding hydrogens is 310 g/mol. The van der Waals surface area contributed by atoms with E-state index in [1.807, 2.05) is 42.5 Å². The van der Waals surface area contributed by atoms with E-state index in [9.17, 15) is 5.11 Å². The summed E-state index contributed by atoms with van der Waals surface area (Å²) in [5, 5.41) is 24.4. The van der Waals surface area contributed by atoms with Crippen molar-refractivity contribution in [2.45, 2.75) is 25.0 Å². The molecule has 2 aromatic carbocycles. The second-order valence-corrected chi connectivity index (χ2v) is 6.35. The van der Waals surface area contributed by atoms with E-state index < -0.39 is 0 Å². The van der Waals surface area contributed by atoms with Gasteiger partial charge in [-0.05, 0) is 25.0 Å². The van der Waals surface area contributed by atoms with Gasteiger partial charge >= 0.3 is 0 Å². The molecule has 2 N–H and O–H groups in total. The first-order chi connectivity index (χ1) is 11.2. The highest BCUT2D eigenvalue weighted by Gasteiger charge is 2.27. The van der Waals surface area contributed by atoms with Crippen molar-refractivity contribution < 1.29 is 5.11 Å². The monoisotopic (exact) mass is 325 g/mol. The van der Waals surface area contributed by atoms with Crippen molar-refractivity contribution in [1.82, 2.24) is 10.2 Å². The molecular formula is C18H16ClN3O. The smallest absolute Gasteiger partial charge is 0.156 e. The van der Waals surface area contributed by atoms with E-state index in [1.54, 1.807) is 0 Å². The van der Waals surface area contributed by atoms with Crippen LogP contribution in [0.4, 0.5) is 5.82 Å². The number of fused-ring (bicyclic) bond motifs is 1. The lowest BCUT2D eigenvalue weighted by molar-refractivity contribution is 0.0835. The summed E-state index contributed by atoms with van der Waals surface area (Å²) in [5.74, 6) is 0.773. The third-order valence-corrected chi connectivity index (χ3v) is 4.51. The van der Waals surface area contributed by atoms with Gasteiger partial charge in [0, 0.05) is 27.4 Å². The molecule has 1 heterocycles. The van der Waals surface area contributed by atoms with E-state index in [0.29, 0.717) is 5.02 Å². The van der Waals surface area contributed by atoms with Crippen LogP contribution >= 0.6 is 11.6 Å². The lowest BCUT2D eigenvalue weighted by Crippen LogP contribution is -2.39. The fourth-order valence-corrected chi connectivity index (χ4v) is 3.06. The van der Waals surface area contributed by atoms with Crippen molar-refractivity contribution in [3.8, 4) is 11.3 Å². The van der Waals surface area contributed by atoms with Crippen molar-refractivity contribution in [3.63, 3.8) is 0 Å². The molecule has 1 saturated carbocycles. The van der Waals surface area contributed by atoms with Crippen molar-refractivity contribution in [3.05, 3.63) is 53.6 Å². The molecule has 0 aliphatic heterocycles. The number of halogens is 1. The van der Waals surface area contributed by atoms with Gasteiger partial charge in [-0.25, -0.2) is 0 Å². The van der Waals surface area contributed by atoms with Crippen LogP contribution in [0.25, 0.3) is 22.0 Å². The highest BCUT2D eigenvalue weighted by molar-refractivity contribution is 6.30. The third-order valence-electron chi connectivity index (χ3n) is 4.26. The van der Waals surface area contributed by atoms with Crippen molar-refractivity contribution in [2.24, 2.45) is 0 Å². The second-order valence-electron chi connectivity index (χ2n) is 5.92. The Hall–Kier alpha value is -2.17. The molecule has 1 aliphatic rings. The Labute approximate surface area is 139 Å². The number of benzene rings is 2. The van der Waals surface area contributed by atoms with Gasteiger partial charge in [0.15, 0.2) is 5.82 Å². The molecule has 0 unspecified atom stereocenters. The summed E-state index contributed by atoms with van der Waals surface area (Å²) < 4.78 is 0. The van der Waals surface area contributed by atoms with E-state index in [2.05, 4.69) is 21.6 Å². The van der Waals surface area contributed by atoms with Crippen LogP contribution in [0.2, 0.25) is 5.02 Å². The minimum atomic E-state index is -0.194. The number of rotatable bonds is 3. The van der Waals surface area contributed by atoms with Gasteiger partial charge in [-0.2, -0.15) is 0 Å². The Morgan fingerprint density at radius 2 is 1.65 bits per heavy atom. The maximum atomic E-state index is 9.44. The van der Waals surface area contributed by atoms with E-state index in [-0.39, 0.29) is 12.1 Å². The molecule has 0 bridgehead atoms. The van der Waals surface area contributed by atoms with Crippen LogP contribution in [0, 0.1) is 0 Å². The van der Waals surface area contributed by atoms with Gasteiger partial charge in [0.25, 0.3) is 0 Å². The van der Waals surface area contributed by atoms with Gasteiger partial charge in [-0.1, -0.05) is 48.0 Å². The molecule has 1 aromatic heterocycles. The summed E-state index contributed by atoms with van der Waals surface area (Å²) >= 11 is 5.97. The largest absolute Gasteiger partial charge is 0.393 e. The van der Waals surface area contributed by atoms with Crippen molar-refractivity contribution >= 4 is 28.2 Å². The predicted molar refractivity (Wildman–Crippen MR) is 92.6 cm³/mol. The Morgan fingerprint density at radius 1 is 0.957 bits per heavy atom. The van der Waals surface area contributed by atoms with Gasteiger partial charge in [0.2, 0.25) is 0 Å². The fourth-order valence-electron chi connectivity index (χ4n) is 2.93. The van der Waals surface area contributed by atoms with Gasteiger partial charge in [0.1, 0.15) is 5.69 Å². The number of anilines is 1. The molecule has 0 saturated heterocycles. The minimum absolute atomic E-state index is 0.194. The van der Waals surface area contributed by atoms with Crippen LogP contribution in [0.1, 0.15) is 12.8 Å². The summed E-state index contributed by atoms with van der Waals surface area (Å²) in [6.07, 6.45) is 1.32. The zero-order valence-electron chi connectivity index (χ0n) is 12.4. The molecule has 0 radical (unpaired) electrons. The van der Waals surface area contributed by atoms with Crippen LogP contribution in [-0.2, 0) is 0 Å². The van der Waals surface area contributed by atoms with Gasteiger partial charge in [-0.15, -0.1) is 10.2 Å². The minimum Gasteiger partial charge on any atom is -0.393 e. The highest BCUT2D eigenvalue weighted by atomic mass is 35.5. The number of hydrogen-bond acceptors (Lipinski definition) is 4. The van der Waals surface area contributed by atoms with E-state index >= 15 is 0 Å². The first-order valence-corrected chi connectivity index (χ1v) is 8.04. The zero-order valence-corrected chi connectivity index (χ0v) is 13.2. The van der Waals surface area contributed by atoms with Crippen LogP contribution in [0.15, 0.2) is 48.5 Å². The molecule has 0 atom stereocenters. The number of aliphatic hydroxyl groups is 1. The SMILES string of the molecule is O[C@H]1C[C@@H](Nc2nnc(-c3ccc(Cl)cc3)c3ccccc23)C1. The van der Waals surface area contributed by atoms with Crippen LogP contribution in [0.5, 0.6) is 0 Å². The average Bonchev–Trinajstić information content (AvgIpc) is 2.55. The average molecular weight is 326 g/mol. The normalized spacial score (nSPS) is 20.3. The number of aromatic nitrogens is 2. The van der Waals surface area contributed by atoms with Crippen molar-refractivity contribution in [2.75, 3.05) is 5.32 Å². The first kappa shape index (κ1) is 14.4. The molecule has 5 heteroatoms. The van der Waals surface area contributed by atoms with E-state index in [4.69, 9.17) is 11.6 Å². The first-order valence-electron chi connectivity index (χ1n) is 7.66. The lowest BCUT2D eigenvalue weighted by Gasteiger charge is -2.32.